The van der Waals surface area contributed by atoms with Gasteiger partial charge in [0.25, 0.3) is 0 Å². The highest BCUT2D eigenvalue weighted by Gasteiger charge is 2.10. The predicted molar refractivity (Wildman–Crippen MR) is 82.2 cm³/mol. The second-order valence-electron chi connectivity index (χ2n) is 4.51. The average Bonchev–Trinajstić information content (AvgIpc) is 2.43. The second-order valence-corrected chi connectivity index (χ2v) is 5.43. The first-order valence-electron chi connectivity index (χ1n) is 6.55. The van der Waals surface area contributed by atoms with Crippen molar-refractivity contribution in [2.45, 2.75) is 13.0 Å². The SMILES string of the molecule is C[C@@H](O)c1ccc(F)cc1OCCOc1cccc(Br)c1. The molecule has 3 nitrogen and oxygen atoms in total. The number of hydrogen-bond acceptors (Lipinski definition) is 3. The van der Waals surface area contributed by atoms with Crippen LogP contribution in [0, 0.1) is 5.82 Å². The van der Waals surface area contributed by atoms with Crippen LogP contribution in [0.4, 0.5) is 4.39 Å². The minimum absolute atomic E-state index is 0.260. The molecule has 2 aromatic rings. The molecule has 0 fully saturated rings. The second kappa shape index (κ2) is 7.43. The van der Waals surface area contributed by atoms with Gasteiger partial charge in [-0.05, 0) is 37.3 Å². The fourth-order valence-corrected chi connectivity index (χ4v) is 2.22. The summed E-state index contributed by atoms with van der Waals surface area (Å²) in [6.07, 6.45) is -0.716. The Balaban J connectivity index is 1.90. The zero-order chi connectivity index (χ0) is 15.2. The molecule has 21 heavy (non-hydrogen) atoms. The Morgan fingerprint density at radius 2 is 1.90 bits per heavy atom. The van der Waals surface area contributed by atoms with Crippen molar-refractivity contribution in [2.75, 3.05) is 13.2 Å². The molecule has 0 aliphatic rings. The largest absolute Gasteiger partial charge is 0.490 e. The third kappa shape index (κ3) is 4.72. The first-order valence-corrected chi connectivity index (χ1v) is 7.34. The van der Waals surface area contributed by atoms with E-state index >= 15 is 0 Å². The van der Waals surface area contributed by atoms with E-state index in [1.165, 1.54) is 18.2 Å². The van der Waals surface area contributed by atoms with Gasteiger partial charge in [0.1, 0.15) is 30.5 Å². The highest BCUT2D eigenvalue weighted by atomic mass is 79.9. The lowest BCUT2D eigenvalue weighted by Crippen LogP contribution is -2.10. The Labute approximate surface area is 131 Å². The number of hydrogen-bond donors (Lipinski definition) is 1. The zero-order valence-electron chi connectivity index (χ0n) is 11.6. The lowest BCUT2D eigenvalue weighted by Gasteiger charge is -2.14. The molecule has 0 amide bonds. The van der Waals surface area contributed by atoms with Gasteiger partial charge >= 0.3 is 0 Å². The van der Waals surface area contributed by atoms with Crippen LogP contribution in [0.2, 0.25) is 0 Å². The summed E-state index contributed by atoms with van der Waals surface area (Å²) in [5, 5.41) is 9.62. The number of ether oxygens (including phenoxy) is 2. The Morgan fingerprint density at radius 3 is 2.62 bits per heavy atom. The highest BCUT2D eigenvalue weighted by molar-refractivity contribution is 9.10. The fraction of sp³-hybridized carbons (Fsp3) is 0.250. The van der Waals surface area contributed by atoms with Crippen LogP contribution in [0.15, 0.2) is 46.9 Å². The summed E-state index contributed by atoms with van der Waals surface area (Å²) in [4.78, 5) is 0. The van der Waals surface area contributed by atoms with E-state index in [0.717, 1.165) is 10.2 Å². The molecule has 1 atom stereocenters. The minimum atomic E-state index is -0.716. The van der Waals surface area contributed by atoms with Gasteiger partial charge in [-0.1, -0.05) is 22.0 Å². The number of benzene rings is 2. The number of rotatable bonds is 6. The summed E-state index contributed by atoms with van der Waals surface area (Å²) in [5.41, 5.74) is 0.554. The number of aliphatic hydroxyl groups is 1. The van der Waals surface area contributed by atoms with Gasteiger partial charge in [0, 0.05) is 16.1 Å². The molecule has 0 bridgehead atoms. The van der Waals surface area contributed by atoms with Gasteiger partial charge in [-0.15, -0.1) is 0 Å². The molecule has 0 saturated carbocycles. The quantitative estimate of drug-likeness (QED) is 0.793. The van der Waals surface area contributed by atoms with Gasteiger partial charge in [0.2, 0.25) is 0 Å². The fourth-order valence-electron chi connectivity index (χ4n) is 1.85. The Kier molecular flexibility index (Phi) is 5.59. The lowest BCUT2D eigenvalue weighted by molar-refractivity contribution is 0.181. The van der Waals surface area contributed by atoms with Crippen LogP contribution in [-0.4, -0.2) is 18.3 Å². The van der Waals surface area contributed by atoms with Gasteiger partial charge in [-0.25, -0.2) is 4.39 Å². The van der Waals surface area contributed by atoms with Crippen molar-refractivity contribution < 1.29 is 19.0 Å². The van der Waals surface area contributed by atoms with Gasteiger partial charge in [0.15, 0.2) is 0 Å². The first-order chi connectivity index (χ1) is 10.1. The van der Waals surface area contributed by atoms with Crippen molar-refractivity contribution in [1.29, 1.82) is 0 Å². The Hall–Kier alpha value is -1.59. The molecule has 2 aromatic carbocycles. The minimum Gasteiger partial charge on any atom is -0.490 e. The molecule has 5 heteroatoms. The first kappa shape index (κ1) is 15.8. The van der Waals surface area contributed by atoms with Gasteiger partial charge in [0.05, 0.1) is 6.10 Å². The van der Waals surface area contributed by atoms with E-state index in [9.17, 15) is 9.50 Å². The molecular formula is C16H16BrFO3. The standard InChI is InChI=1S/C16H16BrFO3/c1-11(19)15-6-5-13(18)10-16(15)21-8-7-20-14-4-2-3-12(17)9-14/h2-6,9-11,19H,7-8H2,1H3/t11-/m1/s1. The molecule has 0 spiro atoms. The monoisotopic (exact) mass is 354 g/mol. The van der Waals surface area contributed by atoms with Crippen LogP contribution in [0.5, 0.6) is 11.5 Å². The van der Waals surface area contributed by atoms with Crippen molar-refractivity contribution in [3.8, 4) is 11.5 Å². The van der Waals surface area contributed by atoms with Crippen molar-refractivity contribution in [1.82, 2.24) is 0 Å². The van der Waals surface area contributed by atoms with E-state index in [-0.39, 0.29) is 6.61 Å². The maximum absolute atomic E-state index is 13.2. The number of aliphatic hydroxyl groups excluding tert-OH is 1. The maximum atomic E-state index is 13.2. The van der Waals surface area contributed by atoms with E-state index in [2.05, 4.69) is 15.9 Å². The van der Waals surface area contributed by atoms with Crippen molar-refractivity contribution >= 4 is 15.9 Å². The molecule has 0 unspecified atom stereocenters. The summed E-state index contributed by atoms with van der Waals surface area (Å²) < 4.78 is 25.2. The predicted octanol–water partition coefficient (Wildman–Crippen LogP) is 4.10. The summed E-state index contributed by atoms with van der Waals surface area (Å²) in [5.74, 6) is 0.660. The molecule has 2 rings (SSSR count). The van der Waals surface area contributed by atoms with Crippen LogP contribution < -0.4 is 9.47 Å². The molecule has 112 valence electrons. The molecule has 0 saturated heterocycles. The molecule has 0 aromatic heterocycles. The third-order valence-corrected chi connectivity index (χ3v) is 3.32. The molecular weight excluding hydrogens is 339 g/mol. The zero-order valence-corrected chi connectivity index (χ0v) is 13.1. The van der Waals surface area contributed by atoms with E-state index in [0.29, 0.717) is 17.9 Å². The van der Waals surface area contributed by atoms with E-state index in [1.807, 2.05) is 24.3 Å². The summed E-state index contributed by atoms with van der Waals surface area (Å²) in [6.45, 7) is 2.19. The topological polar surface area (TPSA) is 38.7 Å². The summed E-state index contributed by atoms with van der Waals surface area (Å²) >= 11 is 3.36. The molecule has 1 N–H and O–H groups in total. The number of halogens is 2. The lowest BCUT2D eigenvalue weighted by atomic mass is 10.1. The van der Waals surface area contributed by atoms with Crippen LogP contribution >= 0.6 is 15.9 Å². The van der Waals surface area contributed by atoms with E-state index in [1.54, 1.807) is 6.92 Å². The highest BCUT2D eigenvalue weighted by Crippen LogP contribution is 2.26. The molecule has 0 heterocycles. The van der Waals surface area contributed by atoms with Crippen LogP contribution in [0.25, 0.3) is 0 Å². The average molecular weight is 355 g/mol. The van der Waals surface area contributed by atoms with Crippen molar-refractivity contribution in [2.24, 2.45) is 0 Å². The Bertz CT molecular complexity index is 602. The van der Waals surface area contributed by atoms with Crippen LogP contribution in [0.3, 0.4) is 0 Å². The summed E-state index contributed by atoms with van der Waals surface area (Å²) in [6, 6.07) is 11.6. The van der Waals surface area contributed by atoms with Crippen molar-refractivity contribution in [3.05, 3.63) is 58.3 Å². The smallest absolute Gasteiger partial charge is 0.128 e. The van der Waals surface area contributed by atoms with Crippen LogP contribution in [0.1, 0.15) is 18.6 Å². The maximum Gasteiger partial charge on any atom is 0.128 e. The van der Waals surface area contributed by atoms with Gasteiger partial charge in [-0.2, -0.15) is 0 Å². The van der Waals surface area contributed by atoms with Crippen molar-refractivity contribution in [3.63, 3.8) is 0 Å². The summed E-state index contributed by atoms with van der Waals surface area (Å²) in [7, 11) is 0. The van der Waals surface area contributed by atoms with E-state index < -0.39 is 11.9 Å². The van der Waals surface area contributed by atoms with Crippen LogP contribution in [-0.2, 0) is 0 Å². The molecule has 0 aliphatic carbocycles. The third-order valence-electron chi connectivity index (χ3n) is 2.83. The van der Waals surface area contributed by atoms with Gasteiger partial charge in [-0.3, -0.25) is 0 Å². The molecule has 0 radical (unpaired) electrons. The Morgan fingerprint density at radius 1 is 1.14 bits per heavy atom. The van der Waals surface area contributed by atoms with E-state index in [4.69, 9.17) is 9.47 Å². The van der Waals surface area contributed by atoms with Gasteiger partial charge < -0.3 is 14.6 Å². The normalized spacial score (nSPS) is 12.0. The molecule has 0 aliphatic heterocycles.